The number of nitrogens with zero attached hydrogens (tertiary/aromatic N) is 1. The van der Waals surface area contributed by atoms with Crippen molar-refractivity contribution in [2.75, 3.05) is 27.9 Å². The van der Waals surface area contributed by atoms with Crippen LogP contribution in [0.4, 0.5) is 4.39 Å². The van der Waals surface area contributed by atoms with Crippen molar-refractivity contribution in [3.8, 4) is 23.0 Å². The van der Waals surface area contributed by atoms with Gasteiger partial charge in [0, 0.05) is 6.54 Å². The van der Waals surface area contributed by atoms with Crippen molar-refractivity contribution in [1.82, 2.24) is 4.90 Å². The number of carbonyl (C=O) groups excluding carboxylic acids is 1. The van der Waals surface area contributed by atoms with Crippen LogP contribution in [0.2, 0.25) is 0 Å². The Balaban J connectivity index is 1.53. The topological polar surface area (TPSA) is 57.2 Å². The van der Waals surface area contributed by atoms with Gasteiger partial charge < -0.3 is 23.8 Å². The van der Waals surface area contributed by atoms with Crippen LogP contribution in [0.25, 0.3) is 0 Å². The fourth-order valence-corrected chi connectivity index (χ4v) is 4.01. The molecule has 4 rings (SSSR count). The van der Waals surface area contributed by atoms with Gasteiger partial charge in [-0.3, -0.25) is 4.79 Å². The number of methoxy groups -OCH3 is 3. The van der Waals surface area contributed by atoms with Gasteiger partial charge in [-0.25, -0.2) is 4.39 Å². The van der Waals surface area contributed by atoms with Gasteiger partial charge >= 0.3 is 0 Å². The first-order valence-corrected chi connectivity index (χ1v) is 10.6. The summed E-state index contributed by atoms with van der Waals surface area (Å²) < 4.78 is 35.8. The van der Waals surface area contributed by atoms with Gasteiger partial charge in [-0.1, -0.05) is 18.2 Å². The second-order valence-corrected chi connectivity index (χ2v) is 7.68. The molecule has 1 aliphatic rings. The number of likely N-dealkylation sites (tertiary alicyclic amines) is 1. The third kappa shape index (κ3) is 4.72. The lowest BCUT2D eigenvalue weighted by Gasteiger charge is -2.47. The van der Waals surface area contributed by atoms with E-state index in [2.05, 4.69) is 0 Å². The van der Waals surface area contributed by atoms with Crippen molar-refractivity contribution >= 4 is 5.91 Å². The van der Waals surface area contributed by atoms with E-state index in [0.717, 1.165) is 5.56 Å². The van der Waals surface area contributed by atoms with E-state index in [9.17, 15) is 9.18 Å². The second kappa shape index (κ2) is 9.81. The lowest BCUT2D eigenvalue weighted by Crippen LogP contribution is -2.61. The first kappa shape index (κ1) is 22.5. The van der Waals surface area contributed by atoms with E-state index < -0.39 is 12.1 Å². The molecular weight excluding hydrogens is 425 g/mol. The molecule has 6 nitrogen and oxygen atoms in total. The van der Waals surface area contributed by atoms with Crippen LogP contribution in [0.15, 0.2) is 66.7 Å². The molecule has 0 unspecified atom stereocenters. The Hall–Kier alpha value is -3.74. The standard InChI is InChI=1S/C26H26FNO5/c1-30-20-8-10-21(11-9-20)33-25-24(18-5-4-6-19(27)16-18)28(26(25)29)14-13-17-7-12-22(31-2)23(15-17)32-3/h4-12,15-16,24-25H,13-14H2,1-3H3/t24-,25+/m0/s1. The molecule has 1 saturated heterocycles. The summed E-state index contributed by atoms with van der Waals surface area (Å²) in [7, 11) is 4.76. The minimum absolute atomic E-state index is 0.138. The molecule has 0 saturated carbocycles. The van der Waals surface area contributed by atoms with Crippen molar-refractivity contribution < 1.29 is 28.1 Å². The van der Waals surface area contributed by atoms with Crippen molar-refractivity contribution in [2.24, 2.45) is 0 Å². The molecule has 0 bridgehead atoms. The predicted molar refractivity (Wildman–Crippen MR) is 122 cm³/mol. The predicted octanol–water partition coefficient (Wildman–Crippen LogP) is 4.43. The lowest BCUT2D eigenvalue weighted by molar-refractivity contribution is -0.164. The van der Waals surface area contributed by atoms with Crippen molar-refractivity contribution in [3.05, 3.63) is 83.7 Å². The van der Waals surface area contributed by atoms with E-state index in [-0.39, 0.29) is 11.7 Å². The van der Waals surface area contributed by atoms with Crippen molar-refractivity contribution in [2.45, 2.75) is 18.6 Å². The minimum Gasteiger partial charge on any atom is -0.497 e. The number of β-lactam (4-membered cyclic amide) rings is 1. The summed E-state index contributed by atoms with van der Waals surface area (Å²) in [6.45, 7) is 0.456. The number of hydrogen-bond acceptors (Lipinski definition) is 5. The fraction of sp³-hybridized carbons (Fsp3) is 0.269. The van der Waals surface area contributed by atoms with Crippen LogP contribution in [0.5, 0.6) is 23.0 Å². The minimum atomic E-state index is -0.731. The van der Waals surface area contributed by atoms with Crippen LogP contribution in [-0.4, -0.2) is 44.8 Å². The lowest BCUT2D eigenvalue weighted by atomic mass is 9.89. The fourth-order valence-electron chi connectivity index (χ4n) is 4.01. The average molecular weight is 451 g/mol. The molecule has 7 heteroatoms. The smallest absolute Gasteiger partial charge is 0.266 e. The van der Waals surface area contributed by atoms with Gasteiger partial charge in [0.1, 0.15) is 23.4 Å². The second-order valence-electron chi connectivity index (χ2n) is 7.68. The Morgan fingerprint density at radius 2 is 1.58 bits per heavy atom. The molecule has 33 heavy (non-hydrogen) atoms. The first-order valence-electron chi connectivity index (χ1n) is 10.6. The summed E-state index contributed by atoms with van der Waals surface area (Å²) in [5, 5.41) is 0. The monoisotopic (exact) mass is 451 g/mol. The summed E-state index contributed by atoms with van der Waals surface area (Å²) in [6.07, 6.45) is -0.127. The van der Waals surface area contributed by atoms with Crippen LogP contribution < -0.4 is 18.9 Å². The average Bonchev–Trinajstić information content (AvgIpc) is 2.85. The molecule has 3 aromatic rings. The van der Waals surface area contributed by atoms with E-state index in [1.807, 2.05) is 24.3 Å². The maximum atomic E-state index is 14.0. The summed E-state index contributed by atoms with van der Waals surface area (Å²) in [4.78, 5) is 14.8. The molecule has 1 heterocycles. The maximum Gasteiger partial charge on any atom is 0.266 e. The van der Waals surface area contributed by atoms with Crippen molar-refractivity contribution in [3.63, 3.8) is 0 Å². The van der Waals surface area contributed by atoms with Crippen LogP contribution in [0, 0.1) is 5.82 Å². The highest BCUT2D eigenvalue weighted by Crippen LogP contribution is 2.38. The zero-order valence-electron chi connectivity index (χ0n) is 18.8. The molecule has 0 N–H and O–H groups in total. The number of carbonyl (C=O) groups is 1. The Morgan fingerprint density at radius 3 is 2.24 bits per heavy atom. The zero-order valence-corrected chi connectivity index (χ0v) is 18.8. The quantitative estimate of drug-likeness (QED) is 0.451. The first-order chi connectivity index (χ1) is 16.0. The summed E-state index contributed by atoms with van der Waals surface area (Å²) in [6, 6.07) is 18.6. The van der Waals surface area contributed by atoms with Gasteiger partial charge in [-0.05, 0) is 66.1 Å². The van der Waals surface area contributed by atoms with E-state index in [1.165, 1.54) is 12.1 Å². The third-order valence-electron chi connectivity index (χ3n) is 5.75. The molecule has 0 spiro atoms. The summed E-state index contributed by atoms with van der Waals surface area (Å²) in [5.74, 6) is 2.03. The van der Waals surface area contributed by atoms with Crippen LogP contribution in [0.3, 0.4) is 0 Å². The molecule has 0 aromatic heterocycles. The highest BCUT2D eigenvalue weighted by atomic mass is 19.1. The third-order valence-corrected chi connectivity index (χ3v) is 5.75. The van der Waals surface area contributed by atoms with Gasteiger partial charge in [0.05, 0.1) is 21.3 Å². The van der Waals surface area contributed by atoms with Gasteiger partial charge in [0.25, 0.3) is 5.91 Å². The summed E-state index contributed by atoms with van der Waals surface area (Å²) >= 11 is 0. The Morgan fingerprint density at radius 1 is 0.848 bits per heavy atom. The number of amides is 1. The number of benzene rings is 3. The number of ether oxygens (including phenoxy) is 4. The molecule has 0 aliphatic carbocycles. The molecular formula is C26H26FNO5. The van der Waals surface area contributed by atoms with E-state index in [1.54, 1.807) is 56.6 Å². The summed E-state index contributed by atoms with van der Waals surface area (Å²) in [5.41, 5.74) is 1.69. The Kier molecular flexibility index (Phi) is 6.68. The van der Waals surface area contributed by atoms with E-state index in [0.29, 0.717) is 41.5 Å². The van der Waals surface area contributed by atoms with Gasteiger partial charge in [-0.2, -0.15) is 0 Å². The molecule has 0 radical (unpaired) electrons. The van der Waals surface area contributed by atoms with Crippen molar-refractivity contribution in [1.29, 1.82) is 0 Å². The molecule has 1 aliphatic heterocycles. The highest BCUT2D eigenvalue weighted by molar-refractivity contribution is 5.89. The molecule has 172 valence electrons. The number of rotatable bonds is 9. The van der Waals surface area contributed by atoms with Crippen LogP contribution >= 0.6 is 0 Å². The van der Waals surface area contributed by atoms with Gasteiger partial charge in [0.15, 0.2) is 11.5 Å². The van der Waals surface area contributed by atoms with Crippen LogP contribution in [0.1, 0.15) is 17.2 Å². The molecule has 3 aromatic carbocycles. The maximum absolute atomic E-state index is 14.0. The van der Waals surface area contributed by atoms with Crippen LogP contribution in [-0.2, 0) is 11.2 Å². The van der Waals surface area contributed by atoms with Gasteiger partial charge in [0.2, 0.25) is 6.10 Å². The number of hydrogen-bond donors (Lipinski definition) is 0. The molecule has 1 amide bonds. The van der Waals surface area contributed by atoms with E-state index in [4.69, 9.17) is 18.9 Å². The molecule has 1 fully saturated rings. The highest BCUT2D eigenvalue weighted by Gasteiger charge is 2.49. The Bertz CT molecular complexity index is 1120. The normalized spacial score (nSPS) is 17.3. The Labute approximate surface area is 192 Å². The molecule has 2 atom stereocenters. The van der Waals surface area contributed by atoms with E-state index >= 15 is 0 Å². The zero-order chi connectivity index (χ0) is 23.4. The largest absolute Gasteiger partial charge is 0.497 e. The number of halogens is 1. The SMILES string of the molecule is COc1ccc(O[C@H]2C(=O)N(CCc3ccc(OC)c(OC)c3)[C@H]2c2cccc(F)c2)cc1. The van der Waals surface area contributed by atoms with Gasteiger partial charge in [-0.15, -0.1) is 0 Å².